The summed E-state index contributed by atoms with van der Waals surface area (Å²) in [6, 6.07) is 0.357. The summed E-state index contributed by atoms with van der Waals surface area (Å²) in [5.74, 6) is 1.82. The number of carbonyl (C=O) groups excluding carboxylic acids is 1. The molecule has 4 aliphatic carbocycles. The molecule has 1 aliphatic heterocycles. The number of ether oxygens (including phenoxy) is 1. The Morgan fingerprint density at radius 1 is 1.28 bits per heavy atom. The van der Waals surface area contributed by atoms with Crippen LogP contribution in [0.5, 0.6) is 0 Å². The van der Waals surface area contributed by atoms with Crippen molar-refractivity contribution in [1.29, 1.82) is 0 Å². The van der Waals surface area contributed by atoms with Crippen LogP contribution < -0.4 is 10.6 Å². The van der Waals surface area contributed by atoms with Crippen LogP contribution in [0.1, 0.15) is 80.9 Å². The standard InChI is InChI=1S/C22H32N4O3/c1-12(2)24-21-23-11-16(19(26-21)17-4-3-5-29-17)20(27)25-18-14-6-13-7-15(18)10-22(28,8-13)9-14/h11-15,17-18,28H,3-10H2,1-2H3,(H,25,27)(H,23,24,26)/t13?,14?,15?,17-,18-,22+/m1/s1. The quantitative estimate of drug-likeness (QED) is 0.703. The monoisotopic (exact) mass is 400 g/mol. The van der Waals surface area contributed by atoms with Gasteiger partial charge >= 0.3 is 0 Å². The van der Waals surface area contributed by atoms with E-state index in [1.54, 1.807) is 6.20 Å². The molecule has 4 bridgehead atoms. The van der Waals surface area contributed by atoms with Gasteiger partial charge in [-0.15, -0.1) is 0 Å². The molecule has 5 aliphatic rings. The molecule has 7 heteroatoms. The van der Waals surface area contributed by atoms with Gasteiger partial charge in [-0.05, 0) is 76.5 Å². The van der Waals surface area contributed by atoms with E-state index in [1.165, 1.54) is 0 Å². The molecule has 5 fully saturated rings. The van der Waals surface area contributed by atoms with E-state index in [-0.39, 0.29) is 24.1 Å². The van der Waals surface area contributed by atoms with Gasteiger partial charge in [0.05, 0.1) is 16.9 Å². The molecule has 6 rings (SSSR count). The van der Waals surface area contributed by atoms with E-state index >= 15 is 0 Å². The lowest BCUT2D eigenvalue weighted by molar-refractivity contribution is -0.136. The first-order chi connectivity index (χ1) is 13.9. The highest BCUT2D eigenvalue weighted by molar-refractivity contribution is 5.95. The summed E-state index contributed by atoms with van der Waals surface area (Å²) in [5, 5.41) is 17.3. The van der Waals surface area contributed by atoms with Gasteiger partial charge in [0.2, 0.25) is 5.95 Å². The van der Waals surface area contributed by atoms with Gasteiger partial charge < -0.3 is 20.5 Å². The van der Waals surface area contributed by atoms with Crippen LogP contribution in [0.4, 0.5) is 5.95 Å². The predicted molar refractivity (Wildman–Crippen MR) is 108 cm³/mol. The number of aromatic nitrogens is 2. The number of nitrogens with zero attached hydrogens (tertiary/aromatic N) is 2. The lowest BCUT2D eigenvalue weighted by Gasteiger charge is -2.58. The van der Waals surface area contributed by atoms with Crippen LogP contribution in [0.2, 0.25) is 0 Å². The molecule has 29 heavy (non-hydrogen) atoms. The van der Waals surface area contributed by atoms with Crippen LogP contribution in [0.3, 0.4) is 0 Å². The van der Waals surface area contributed by atoms with Crippen LogP contribution in [-0.2, 0) is 4.74 Å². The first kappa shape index (κ1) is 19.2. The van der Waals surface area contributed by atoms with E-state index in [1.807, 2.05) is 13.8 Å². The highest BCUT2D eigenvalue weighted by atomic mass is 16.5. The summed E-state index contributed by atoms with van der Waals surface area (Å²) in [7, 11) is 0. The molecule has 1 aromatic rings. The molecule has 0 spiro atoms. The largest absolute Gasteiger partial charge is 0.390 e. The van der Waals surface area contributed by atoms with E-state index in [0.29, 0.717) is 41.6 Å². The van der Waals surface area contributed by atoms with Crippen LogP contribution in [-0.4, -0.2) is 45.3 Å². The second kappa shape index (κ2) is 7.20. The Hall–Kier alpha value is -1.73. The number of rotatable bonds is 5. The molecule has 1 amide bonds. The van der Waals surface area contributed by atoms with Crippen molar-refractivity contribution in [1.82, 2.24) is 15.3 Å². The van der Waals surface area contributed by atoms with Crippen molar-refractivity contribution >= 4 is 11.9 Å². The number of hydrogen-bond acceptors (Lipinski definition) is 6. The van der Waals surface area contributed by atoms with Crippen LogP contribution in [0.25, 0.3) is 0 Å². The first-order valence-electron chi connectivity index (χ1n) is 11.2. The highest BCUT2D eigenvalue weighted by Crippen LogP contribution is 2.55. The Kier molecular flexibility index (Phi) is 4.78. The van der Waals surface area contributed by atoms with Crippen molar-refractivity contribution in [2.75, 3.05) is 11.9 Å². The first-order valence-corrected chi connectivity index (χ1v) is 11.2. The summed E-state index contributed by atoms with van der Waals surface area (Å²) in [6.07, 6.45) is 8.18. The Morgan fingerprint density at radius 2 is 2.03 bits per heavy atom. The average Bonchev–Trinajstić information content (AvgIpc) is 3.17. The van der Waals surface area contributed by atoms with E-state index < -0.39 is 5.60 Å². The molecular weight excluding hydrogens is 368 g/mol. The molecule has 2 unspecified atom stereocenters. The van der Waals surface area contributed by atoms with Gasteiger partial charge in [0.15, 0.2) is 0 Å². The van der Waals surface area contributed by atoms with Crippen LogP contribution in [0.15, 0.2) is 6.20 Å². The van der Waals surface area contributed by atoms with E-state index in [9.17, 15) is 9.90 Å². The molecule has 2 heterocycles. The second-order valence-electron chi connectivity index (χ2n) is 9.99. The number of aliphatic hydroxyl groups is 1. The zero-order valence-electron chi connectivity index (χ0n) is 17.4. The number of carbonyl (C=O) groups is 1. The fourth-order valence-corrected chi connectivity index (χ4v) is 6.38. The summed E-state index contributed by atoms with van der Waals surface area (Å²) in [5.41, 5.74) is 0.729. The van der Waals surface area contributed by atoms with E-state index in [2.05, 4.69) is 20.6 Å². The molecule has 0 aromatic carbocycles. The van der Waals surface area contributed by atoms with Crippen LogP contribution in [0, 0.1) is 17.8 Å². The van der Waals surface area contributed by atoms with Crippen molar-refractivity contribution in [3.8, 4) is 0 Å². The summed E-state index contributed by atoms with van der Waals surface area (Å²) in [4.78, 5) is 22.4. The number of anilines is 1. The normalized spacial score (nSPS) is 37.9. The van der Waals surface area contributed by atoms with Crippen LogP contribution >= 0.6 is 0 Å². The summed E-state index contributed by atoms with van der Waals surface area (Å²) >= 11 is 0. The van der Waals surface area contributed by atoms with E-state index in [0.717, 1.165) is 44.9 Å². The molecule has 0 radical (unpaired) electrons. The Balaban J connectivity index is 1.38. The number of amides is 1. The molecule has 7 nitrogen and oxygen atoms in total. The Labute approximate surface area is 172 Å². The fraction of sp³-hybridized carbons (Fsp3) is 0.773. The maximum absolute atomic E-state index is 13.3. The average molecular weight is 401 g/mol. The van der Waals surface area contributed by atoms with Gasteiger partial charge in [0.25, 0.3) is 5.91 Å². The highest BCUT2D eigenvalue weighted by Gasteiger charge is 2.55. The lowest BCUT2D eigenvalue weighted by atomic mass is 9.52. The summed E-state index contributed by atoms with van der Waals surface area (Å²) < 4.78 is 5.86. The Bertz CT molecular complexity index is 776. The maximum Gasteiger partial charge on any atom is 0.255 e. The van der Waals surface area contributed by atoms with Crippen molar-refractivity contribution in [3.63, 3.8) is 0 Å². The molecule has 4 saturated carbocycles. The predicted octanol–water partition coefficient (Wildman–Crippen LogP) is 2.82. The number of hydrogen-bond donors (Lipinski definition) is 3. The van der Waals surface area contributed by atoms with Gasteiger partial charge in [-0.1, -0.05) is 0 Å². The zero-order valence-corrected chi connectivity index (χ0v) is 17.4. The second-order valence-corrected chi connectivity index (χ2v) is 9.99. The van der Waals surface area contributed by atoms with Gasteiger partial charge in [-0.3, -0.25) is 4.79 Å². The molecule has 3 N–H and O–H groups in total. The SMILES string of the molecule is CC(C)Nc1ncc(C(=O)N[C@H]2C3CC4CC2C[C@@](O)(C4)C3)c([C@H]2CCCO2)n1. The molecule has 1 aromatic heterocycles. The minimum absolute atomic E-state index is 0.101. The molecule has 1 saturated heterocycles. The summed E-state index contributed by atoms with van der Waals surface area (Å²) in [6.45, 7) is 4.78. The van der Waals surface area contributed by atoms with Gasteiger partial charge in [-0.2, -0.15) is 0 Å². The van der Waals surface area contributed by atoms with Crippen molar-refractivity contribution in [2.24, 2.45) is 17.8 Å². The molecule has 158 valence electrons. The maximum atomic E-state index is 13.3. The minimum atomic E-state index is -0.492. The number of nitrogens with one attached hydrogen (secondary N) is 2. The van der Waals surface area contributed by atoms with Crippen molar-refractivity contribution in [2.45, 2.75) is 82.6 Å². The third kappa shape index (κ3) is 3.63. The van der Waals surface area contributed by atoms with Gasteiger partial charge in [-0.25, -0.2) is 9.97 Å². The van der Waals surface area contributed by atoms with Crippen molar-refractivity contribution < 1.29 is 14.6 Å². The smallest absolute Gasteiger partial charge is 0.255 e. The topological polar surface area (TPSA) is 96.4 Å². The molecular formula is C22H32N4O3. The fourth-order valence-electron chi connectivity index (χ4n) is 6.38. The van der Waals surface area contributed by atoms with Gasteiger partial charge in [0, 0.05) is 24.9 Å². The third-order valence-electron chi connectivity index (χ3n) is 7.25. The molecule has 3 atom stereocenters. The van der Waals surface area contributed by atoms with E-state index in [4.69, 9.17) is 4.74 Å². The zero-order chi connectivity index (χ0) is 20.2. The van der Waals surface area contributed by atoms with Crippen molar-refractivity contribution in [3.05, 3.63) is 17.5 Å². The van der Waals surface area contributed by atoms with Gasteiger partial charge in [0.1, 0.15) is 6.10 Å². The minimum Gasteiger partial charge on any atom is -0.390 e. The third-order valence-corrected chi connectivity index (χ3v) is 7.25. The Morgan fingerprint density at radius 3 is 2.66 bits per heavy atom. The lowest BCUT2D eigenvalue weighted by Crippen LogP contribution is -2.61.